The molecule has 0 spiro atoms. The van der Waals surface area contributed by atoms with Crippen molar-refractivity contribution in [1.29, 1.82) is 0 Å². The molecule has 2 rings (SSSR count). The average molecular weight is 682 g/mol. The summed E-state index contributed by atoms with van der Waals surface area (Å²) in [7, 11) is -6.00. The van der Waals surface area contributed by atoms with Gasteiger partial charge in [-0.3, -0.25) is 0 Å². The third-order valence-corrected chi connectivity index (χ3v) is 8.73. The van der Waals surface area contributed by atoms with Crippen LogP contribution in [0.3, 0.4) is 0 Å². The third-order valence-electron chi connectivity index (χ3n) is 8.73. The van der Waals surface area contributed by atoms with Gasteiger partial charge in [-0.15, -0.1) is 5.56 Å². The molecule has 0 unspecified atom stereocenters. The zero-order valence-electron chi connectivity index (χ0n) is 31.6. The van der Waals surface area contributed by atoms with Crippen LogP contribution in [0.25, 0.3) is 0 Å². The molecular formula is C38H68BF4FeN. The number of rotatable bonds is 10. The quantitative estimate of drug-likeness (QED) is 0.0770. The van der Waals surface area contributed by atoms with E-state index in [2.05, 4.69) is 104 Å². The molecule has 0 aliphatic rings. The minimum atomic E-state index is -6.00. The average Bonchev–Trinajstić information content (AvgIpc) is 3.52. The molecule has 0 saturated heterocycles. The molecule has 0 saturated carbocycles. The number of hydrogen-bond acceptors (Lipinski definition) is 0. The van der Waals surface area contributed by atoms with Gasteiger partial charge in [-0.2, -0.15) is 40.5 Å². The van der Waals surface area contributed by atoms with E-state index in [9.17, 15) is 17.3 Å². The summed E-state index contributed by atoms with van der Waals surface area (Å²) in [6, 6.07) is 10.0. The van der Waals surface area contributed by atoms with Crippen LogP contribution >= 0.6 is 0 Å². The molecule has 0 amide bonds. The van der Waals surface area contributed by atoms with Gasteiger partial charge in [0.05, 0.1) is 26.2 Å². The van der Waals surface area contributed by atoms with Gasteiger partial charge in [0.25, 0.3) is 0 Å². The maximum absolute atomic E-state index is 9.75. The van der Waals surface area contributed by atoms with Gasteiger partial charge in [-0.25, -0.2) is 12.1 Å². The summed E-state index contributed by atoms with van der Waals surface area (Å²) in [6.45, 7) is 41.5. The Balaban J connectivity index is 0. The number of unbranched alkanes of at least 4 members (excludes halogenated alkanes) is 3. The summed E-state index contributed by atoms with van der Waals surface area (Å²) < 4.78 is 40.3. The molecule has 0 aliphatic carbocycles. The molecule has 7 heteroatoms. The van der Waals surface area contributed by atoms with E-state index < -0.39 is 7.25 Å². The largest absolute Gasteiger partial charge is 2.00 e. The summed E-state index contributed by atoms with van der Waals surface area (Å²) in [4.78, 5) is 0. The van der Waals surface area contributed by atoms with Crippen LogP contribution in [0.1, 0.15) is 157 Å². The Labute approximate surface area is 287 Å². The van der Waals surface area contributed by atoms with Gasteiger partial charge < -0.3 is 21.7 Å². The van der Waals surface area contributed by atoms with Crippen molar-refractivity contribution in [3.8, 4) is 0 Å². The Hall–Kier alpha value is -1.04. The second kappa shape index (κ2) is 18.5. The summed E-state index contributed by atoms with van der Waals surface area (Å²) in [5.74, 6) is 0. The van der Waals surface area contributed by atoms with Crippen LogP contribution in [-0.2, 0) is 45.1 Å². The van der Waals surface area contributed by atoms with Crippen molar-refractivity contribution in [3.05, 3.63) is 58.1 Å². The Kier molecular flexibility index (Phi) is 18.9. The molecule has 0 aliphatic heterocycles. The van der Waals surface area contributed by atoms with Gasteiger partial charge in [-0.1, -0.05) is 119 Å². The predicted octanol–water partition coefficient (Wildman–Crippen LogP) is 12.3. The van der Waals surface area contributed by atoms with E-state index >= 15 is 0 Å². The van der Waals surface area contributed by atoms with E-state index in [4.69, 9.17) is 0 Å². The van der Waals surface area contributed by atoms with Crippen LogP contribution < -0.4 is 0 Å². The standard InChI is InChI=1S/C33H63N.C5H5.BF4.Fe/c1-16-34(17-2,18-3)24-22-20-19-21-23-25-26(30(4,5)6)28(32(10,11)12)29(33(13,14)15)27(25)31(7,8)9;1-2-4-5-3-1;2-1(3,4)5;/h16-24H2,1-15H3;1-5H;;/q;2*-1;+2. The van der Waals surface area contributed by atoms with Crippen LogP contribution in [0, 0.1) is 0 Å². The van der Waals surface area contributed by atoms with Crippen LogP contribution in [0.4, 0.5) is 17.3 Å². The molecular weight excluding hydrogens is 613 g/mol. The second-order valence-corrected chi connectivity index (χ2v) is 16.6. The van der Waals surface area contributed by atoms with Crippen molar-refractivity contribution in [1.82, 2.24) is 0 Å². The Morgan fingerprint density at radius 1 is 0.644 bits per heavy atom. The van der Waals surface area contributed by atoms with E-state index in [1.54, 1.807) is 27.8 Å². The van der Waals surface area contributed by atoms with Gasteiger partial charge in [0.2, 0.25) is 0 Å². The van der Waals surface area contributed by atoms with Gasteiger partial charge in [0.15, 0.2) is 0 Å². The molecule has 0 aromatic heterocycles. The van der Waals surface area contributed by atoms with Crippen molar-refractivity contribution in [2.24, 2.45) is 0 Å². The van der Waals surface area contributed by atoms with Crippen LogP contribution in [-0.4, -0.2) is 37.9 Å². The molecule has 0 fully saturated rings. The van der Waals surface area contributed by atoms with Crippen LogP contribution in [0.5, 0.6) is 0 Å². The van der Waals surface area contributed by atoms with E-state index in [0.29, 0.717) is 0 Å². The maximum Gasteiger partial charge on any atom is 2.00 e. The SMILES string of the molecule is CC[N+](CC)(CC)CCCCCCc1c(C(C)(C)C)c(C(C)(C)C)c(C(C)(C)C)[c-]1C(C)(C)C.F[B-](F)(F)F.[Fe+2].c1cc[cH-]c1. The number of hydrogen-bond donors (Lipinski definition) is 0. The zero-order valence-corrected chi connectivity index (χ0v) is 32.7. The van der Waals surface area contributed by atoms with E-state index in [0.717, 1.165) is 0 Å². The summed E-state index contributed by atoms with van der Waals surface area (Å²) in [5.41, 5.74) is 8.89. The molecule has 0 heterocycles. The molecule has 0 atom stereocenters. The minimum Gasteiger partial charge on any atom is -0.418 e. The van der Waals surface area contributed by atoms with Gasteiger partial charge in [0.1, 0.15) is 0 Å². The molecule has 1 nitrogen and oxygen atoms in total. The number of nitrogens with zero attached hydrogens (tertiary/aromatic N) is 1. The van der Waals surface area contributed by atoms with Gasteiger partial charge in [0, 0.05) is 0 Å². The van der Waals surface area contributed by atoms with Crippen molar-refractivity contribution in [3.63, 3.8) is 0 Å². The first kappa shape index (κ1) is 46.1. The predicted molar refractivity (Wildman–Crippen MR) is 188 cm³/mol. The zero-order chi connectivity index (χ0) is 34.8. The fourth-order valence-electron chi connectivity index (χ4n) is 6.65. The maximum atomic E-state index is 9.75. The topological polar surface area (TPSA) is 0 Å². The molecule has 264 valence electrons. The fraction of sp³-hybridized carbons (Fsp3) is 0.737. The van der Waals surface area contributed by atoms with Crippen LogP contribution in [0.2, 0.25) is 0 Å². The third kappa shape index (κ3) is 16.1. The summed E-state index contributed by atoms with van der Waals surface area (Å²) >= 11 is 0. The van der Waals surface area contributed by atoms with E-state index in [1.165, 1.54) is 62.8 Å². The molecule has 0 bridgehead atoms. The fourth-order valence-corrected chi connectivity index (χ4v) is 6.65. The first-order valence-corrected chi connectivity index (χ1v) is 17.0. The van der Waals surface area contributed by atoms with E-state index in [1.807, 2.05) is 30.3 Å². The van der Waals surface area contributed by atoms with Crippen molar-refractivity contribution in [2.45, 2.75) is 158 Å². The first-order chi connectivity index (χ1) is 19.8. The normalized spacial score (nSPS) is 13.0. The summed E-state index contributed by atoms with van der Waals surface area (Å²) in [6.07, 6.45) is 6.64. The molecule has 45 heavy (non-hydrogen) atoms. The first-order valence-electron chi connectivity index (χ1n) is 17.0. The molecule has 0 N–H and O–H groups in total. The Morgan fingerprint density at radius 2 is 1.04 bits per heavy atom. The van der Waals surface area contributed by atoms with Crippen molar-refractivity contribution < 1.29 is 38.8 Å². The second-order valence-electron chi connectivity index (χ2n) is 16.6. The van der Waals surface area contributed by atoms with E-state index in [-0.39, 0.29) is 38.7 Å². The van der Waals surface area contributed by atoms with Crippen LogP contribution in [0.15, 0.2) is 30.3 Å². The Bertz CT molecular complexity index is 971. The van der Waals surface area contributed by atoms with Gasteiger partial charge >= 0.3 is 24.3 Å². The minimum absolute atomic E-state index is 0. The van der Waals surface area contributed by atoms with Crippen molar-refractivity contribution in [2.75, 3.05) is 26.2 Å². The number of quaternary nitrogens is 1. The number of halogens is 4. The summed E-state index contributed by atoms with van der Waals surface area (Å²) in [5, 5.41) is 0. The molecule has 0 radical (unpaired) electrons. The molecule has 2 aromatic rings. The monoisotopic (exact) mass is 681 g/mol. The Morgan fingerprint density at radius 3 is 1.33 bits per heavy atom. The smallest absolute Gasteiger partial charge is 0.418 e. The van der Waals surface area contributed by atoms with Crippen molar-refractivity contribution >= 4 is 7.25 Å². The van der Waals surface area contributed by atoms with Gasteiger partial charge in [-0.05, 0) is 39.0 Å². The molecule has 2 aromatic carbocycles.